The number of halogens is 2. The van der Waals surface area contributed by atoms with Gasteiger partial charge in [-0.3, -0.25) is 4.99 Å². The molecular weight excluding hydrogens is 502 g/mol. The van der Waals surface area contributed by atoms with Crippen LogP contribution >= 0.6 is 24.0 Å². The lowest BCUT2D eigenvalue weighted by Gasteiger charge is -2.20. The first-order valence-corrected chi connectivity index (χ1v) is 9.59. The van der Waals surface area contributed by atoms with Gasteiger partial charge in [0.1, 0.15) is 6.61 Å². The van der Waals surface area contributed by atoms with Crippen LogP contribution in [0, 0.1) is 5.82 Å². The van der Waals surface area contributed by atoms with Crippen molar-refractivity contribution in [3.63, 3.8) is 0 Å². The van der Waals surface area contributed by atoms with E-state index in [2.05, 4.69) is 25.6 Å². The van der Waals surface area contributed by atoms with Gasteiger partial charge in [-0.1, -0.05) is 6.07 Å². The molecule has 1 aliphatic heterocycles. The van der Waals surface area contributed by atoms with Crippen LogP contribution in [0.3, 0.4) is 0 Å². The van der Waals surface area contributed by atoms with E-state index in [1.165, 1.54) is 6.07 Å². The second kappa shape index (κ2) is 12.5. The van der Waals surface area contributed by atoms with E-state index < -0.39 is 0 Å². The molecule has 0 radical (unpaired) electrons. The Balaban J connectivity index is 0.00000320. The van der Waals surface area contributed by atoms with Gasteiger partial charge in [-0.2, -0.15) is 0 Å². The van der Waals surface area contributed by atoms with Gasteiger partial charge in [-0.05, 0) is 24.1 Å². The molecule has 8 nitrogen and oxygen atoms in total. The van der Waals surface area contributed by atoms with Crippen LogP contribution in [0.15, 0.2) is 41.7 Å². The molecule has 3 rings (SSSR count). The topological polar surface area (TPSA) is 83.9 Å². The number of anilines is 1. The Morgan fingerprint density at radius 3 is 2.87 bits per heavy atom. The first kappa shape index (κ1) is 24.1. The summed E-state index contributed by atoms with van der Waals surface area (Å²) in [4.78, 5) is 14.7. The zero-order valence-electron chi connectivity index (χ0n) is 17.2. The molecule has 1 saturated heterocycles. The molecule has 1 unspecified atom stereocenters. The number of rotatable bonds is 8. The minimum absolute atomic E-state index is 0. The summed E-state index contributed by atoms with van der Waals surface area (Å²) in [5.41, 5.74) is 1.01. The minimum Gasteiger partial charge on any atom is -0.475 e. The minimum atomic E-state index is -0.294. The van der Waals surface area contributed by atoms with E-state index in [0.29, 0.717) is 44.0 Å². The Kier molecular flexibility index (Phi) is 10.0. The van der Waals surface area contributed by atoms with Crippen molar-refractivity contribution >= 4 is 35.8 Å². The molecule has 10 heteroatoms. The zero-order chi connectivity index (χ0) is 20.5. The molecule has 164 valence electrons. The van der Waals surface area contributed by atoms with Gasteiger partial charge in [0.05, 0.1) is 6.61 Å². The van der Waals surface area contributed by atoms with Crippen molar-refractivity contribution in [3.8, 4) is 5.88 Å². The summed E-state index contributed by atoms with van der Waals surface area (Å²) < 4.78 is 24.4. The molecule has 1 aliphatic rings. The van der Waals surface area contributed by atoms with Crippen molar-refractivity contribution in [2.24, 2.45) is 4.99 Å². The van der Waals surface area contributed by atoms with Gasteiger partial charge in [0.15, 0.2) is 17.6 Å². The lowest BCUT2D eigenvalue weighted by atomic mass is 10.2. The smallest absolute Gasteiger partial charge is 0.213 e. The maximum Gasteiger partial charge on any atom is 0.213 e. The number of nitrogens with zero attached hydrogens (tertiary/aromatic N) is 4. The largest absolute Gasteiger partial charge is 0.475 e. The number of methoxy groups -OCH3 is 1. The molecule has 2 aromatic rings. The molecule has 2 N–H and O–H groups in total. The first-order chi connectivity index (χ1) is 14.2. The number of guanidine groups is 1. The van der Waals surface area contributed by atoms with E-state index in [-0.39, 0.29) is 35.8 Å². The third kappa shape index (κ3) is 6.94. The molecule has 2 aromatic heterocycles. The van der Waals surface area contributed by atoms with E-state index in [4.69, 9.17) is 9.47 Å². The lowest BCUT2D eigenvalue weighted by molar-refractivity contribution is 0.143. The molecule has 30 heavy (non-hydrogen) atoms. The average Bonchev–Trinajstić information content (AvgIpc) is 3.21. The van der Waals surface area contributed by atoms with Crippen LogP contribution in [0.5, 0.6) is 5.88 Å². The van der Waals surface area contributed by atoms with E-state index in [9.17, 15) is 4.39 Å². The van der Waals surface area contributed by atoms with Crippen molar-refractivity contribution in [1.29, 1.82) is 0 Å². The predicted molar refractivity (Wildman–Crippen MR) is 125 cm³/mol. The van der Waals surface area contributed by atoms with Gasteiger partial charge >= 0.3 is 0 Å². The zero-order valence-corrected chi connectivity index (χ0v) is 19.5. The van der Waals surface area contributed by atoms with Gasteiger partial charge in [0, 0.05) is 58.3 Å². The molecule has 1 atom stereocenters. The number of aromatic nitrogens is 2. The highest BCUT2D eigenvalue weighted by molar-refractivity contribution is 14.0. The summed E-state index contributed by atoms with van der Waals surface area (Å²) in [6.45, 7) is 2.99. The summed E-state index contributed by atoms with van der Waals surface area (Å²) in [5, 5.41) is 6.67. The Labute approximate surface area is 193 Å². The number of ether oxygens (including phenoxy) is 2. The maximum atomic E-state index is 13.9. The third-order valence-corrected chi connectivity index (χ3v) is 4.59. The standard InChI is InChI=1S/C20H27FN6O2.HI/c1-22-20(25-13-15-5-6-18(24-12-15)29-11-10-28-2)26-16-7-9-27(14-16)19-17(21)4-3-8-23-19;/h3-6,8,12,16H,7,9-11,13-14H2,1-2H3,(H2,22,25,26);1H. The fourth-order valence-electron chi connectivity index (χ4n) is 3.08. The van der Waals surface area contributed by atoms with Crippen molar-refractivity contribution in [2.45, 2.75) is 19.0 Å². The number of aliphatic imine (C=N–C) groups is 1. The lowest BCUT2D eigenvalue weighted by Crippen LogP contribution is -2.44. The van der Waals surface area contributed by atoms with Gasteiger partial charge in [0.2, 0.25) is 5.88 Å². The summed E-state index contributed by atoms with van der Waals surface area (Å²) in [7, 11) is 3.36. The summed E-state index contributed by atoms with van der Waals surface area (Å²) in [5.74, 6) is 1.37. The van der Waals surface area contributed by atoms with E-state index in [1.54, 1.807) is 32.6 Å². The molecule has 0 bridgehead atoms. The molecule has 0 amide bonds. The van der Waals surface area contributed by atoms with Gasteiger partial charge in [-0.25, -0.2) is 14.4 Å². The molecule has 0 saturated carbocycles. The second-order valence-corrected chi connectivity index (χ2v) is 6.66. The highest BCUT2D eigenvalue weighted by atomic mass is 127. The molecule has 0 spiro atoms. The van der Waals surface area contributed by atoms with Crippen molar-refractivity contribution < 1.29 is 13.9 Å². The van der Waals surface area contributed by atoms with E-state index >= 15 is 0 Å². The first-order valence-electron chi connectivity index (χ1n) is 9.59. The van der Waals surface area contributed by atoms with Crippen LogP contribution in [-0.4, -0.2) is 62.4 Å². The molecule has 0 aliphatic carbocycles. The molecular formula is C20H28FIN6O2. The number of hydrogen-bond donors (Lipinski definition) is 2. The number of nitrogens with one attached hydrogen (secondary N) is 2. The monoisotopic (exact) mass is 530 g/mol. The fourth-order valence-corrected chi connectivity index (χ4v) is 3.08. The highest BCUT2D eigenvalue weighted by Gasteiger charge is 2.25. The van der Waals surface area contributed by atoms with Crippen molar-refractivity contribution in [3.05, 3.63) is 48.0 Å². The van der Waals surface area contributed by atoms with Crippen LogP contribution < -0.4 is 20.3 Å². The van der Waals surface area contributed by atoms with Gasteiger partial charge in [0.25, 0.3) is 0 Å². The summed E-state index contributed by atoms with van der Waals surface area (Å²) in [6, 6.07) is 6.99. The van der Waals surface area contributed by atoms with Crippen LogP contribution in [0.2, 0.25) is 0 Å². The summed E-state index contributed by atoms with van der Waals surface area (Å²) >= 11 is 0. The van der Waals surface area contributed by atoms with Crippen LogP contribution in [0.1, 0.15) is 12.0 Å². The van der Waals surface area contributed by atoms with Crippen LogP contribution in [0.25, 0.3) is 0 Å². The Hall–Kier alpha value is -2.21. The number of pyridine rings is 2. The third-order valence-electron chi connectivity index (χ3n) is 4.59. The van der Waals surface area contributed by atoms with Gasteiger partial charge < -0.3 is 25.0 Å². The quantitative estimate of drug-likeness (QED) is 0.235. The van der Waals surface area contributed by atoms with E-state index in [0.717, 1.165) is 18.5 Å². The van der Waals surface area contributed by atoms with Crippen molar-refractivity contribution in [1.82, 2.24) is 20.6 Å². The summed E-state index contributed by atoms with van der Waals surface area (Å²) in [6.07, 6.45) is 4.26. The van der Waals surface area contributed by atoms with Crippen LogP contribution in [-0.2, 0) is 11.3 Å². The van der Waals surface area contributed by atoms with Crippen LogP contribution in [0.4, 0.5) is 10.2 Å². The Morgan fingerprint density at radius 2 is 2.17 bits per heavy atom. The highest BCUT2D eigenvalue weighted by Crippen LogP contribution is 2.20. The maximum absolute atomic E-state index is 13.9. The molecule has 0 aromatic carbocycles. The Morgan fingerprint density at radius 1 is 1.30 bits per heavy atom. The van der Waals surface area contributed by atoms with Crippen molar-refractivity contribution in [2.75, 3.05) is 45.4 Å². The SMILES string of the molecule is CN=C(NCc1ccc(OCCOC)nc1)NC1CCN(c2ncccc2F)C1.I. The Bertz CT molecular complexity index is 808. The average molecular weight is 530 g/mol. The van der Waals surface area contributed by atoms with Gasteiger partial charge in [-0.15, -0.1) is 24.0 Å². The molecule has 1 fully saturated rings. The fraction of sp³-hybridized carbons (Fsp3) is 0.450. The normalized spacial score (nSPS) is 16.2. The predicted octanol–water partition coefficient (Wildman–Crippen LogP) is 2.20. The van der Waals surface area contributed by atoms with E-state index in [1.807, 2.05) is 17.0 Å². The second-order valence-electron chi connectivity index (χ2n) is 6.66. The number of hydrogen-bond acceptors (Lipinski definition) is 6. The molecule has 3 heterocycles.